The van der Waals surface area contributed by atoms with Gasteiger partial charge in [-0.25, -0.2) is 0 Å². The Hall–Kier alpha value is -1.64. The number of hydrogen-bond acceptors (Lipinski definition) is 5. The molecule has 0 saturated carbocycles. The van der Waals surface area contributed by atoms with Crippen LogP contribution in [-0.4, -0.2) is 45.5 Å². The van der Waals surface area contributed by atoms with E-state index in [0.29, 0.717) is 16.8 Å². The van der Waals surface area contributed by atoms with Gasteiger partial charge in [-0.2, -0.15) is 0 Å². The van der Waals surface area contributed by atoms with Gasteiger partial charge >= 0.3 is 0 Å². The van der Waals surface area contributed by atoms with Gasteiger partial charge in [0.1, 0.15) is 17.8 Å². The van der Waals surface area contributed by atoms with Crippen LogP contribution >= 0.6 is 22.9 Å². The van der Waals surface area contributed by atoms with Gasteiger partial charge in [0.05, 0.1) is 10.9 Å². The Kier molecular flexibility index (Phi) is 7.49. The highest BCUT2D eigenvalue weighted by Gasteiger charge is 2.14. The third kappa shape index (κ3) is 5.67. The Labute approximate surface area is 168 Å². The number of aliphatic hydroxyl groups excluding tert-OH is 1. The van der Waals surface area contributed by atoms with Gasteiger partial charge in [0, 0.05) is 37.4 Å². The molecular weight excluding hydrogens is 384 g/mol. The second-order valence-corrected chi connectivity index (χ2v) is 8.30. The Bertz CT molecular complexity index is 759. The average molecular weight is 411 g/mol. The summed E-state index contributed by atoms with van der Waals surface area (Å²) in [5, 5.41) is 25.5. The van der Waals surface area contributed by atoms with Crippen molar-refractivity contribution in [1.82, 2.24) is 25.4 Å². The first-order chi connectivity index (χ1) is 13.2. The van der Waals surface area contributed by atoms with Crippen molar-refractivity contribution in [3.63, 3.8) is 0 Å². The lowest BCUT2D eigenvalue weighted by Gasteiger charge is -2.13. The smallest absolute Gasteiger partial charge is 0.191 e. The number of aryl methyl sites for hydroxylation is 1. The van der Waals surface area contributed by atoms with E-state index in [1.54, 1.807) is 6.07 Å². The number of fused-ring (bicyclic) bond motifs is 1. The fourth-order valence-corrected chi connectivity index (χ4v) is 4.18. The van der Waals surface area contributed by atoms with Crippen molar-refractivity contribution in [2.75, 3.05) is 19.6 Å². The molecule has 2 aromatic heterocycles. The second-order valence-electron chi connectivity index (χ2n) is 6.55. The predicted molar refractivity (Wildman–Crippen MR) is 110 cm³/mol. The van der Waals surface area contributed by atoms with E-state index in [4.69, 9.17) is 11.6 Å². The minimum Gasteiger partial charge on any atom is -0.386 e. The fourth-order valence-electron chi connectivity index (χ4n) is 3.14. The van der Waals surface area contributed by atoms with Crippen molar-refractivity contribution in [2.45, 2.75) is 51.7 Å². The molecule has 0 fully saturated rings. The number of aliphatic hydroxyl groups is 1. The van der Waals surface area contributed by atoms with Gasteiger partial charge in [-0.1, -0.05) is 18.0 Å². The first-order valence-corrected chi connectivity index (χ1v) is 10.7. The summed E-state index contributed by atoms with van der Waals surface area (Å²) in [4.78, 5) is 5.31. The van der Waals surface area contributed by atoms with E-state index < -0.39 is 6.10 Å². The lowest BCUT2D eigenvalue weighted by atomic mass is 10.2. The van der Waals surface area contributed by atoms with Crippen molar-refractivity contribution < 1.29 is 5.11 Å². The Morgan fingerprint density at radius 2 is 2.22 bits per heavy atom. The summed E-state index contributed by atoms with van der Waals surface area (Å²) in [6, 6.07) is 3.63. The van der Waals surface area contributed by atoms with Crippen molar-refractivity contribution in [3.8, 4) is 0 Å². The van der Waals surface area contributed by atoms with E-state index in [9.17, 15) is 5.11 Å². The second kappa shape index (κ2) is 10.1. The maximum Gasteiger partial charge on any atom is 0.191 e. The van der Waals surface area contributed by atoms with Crippen LogP contribution in [0, 0.1) is 0 Å². The number of nitrogens with zero attached hydrogens (tertiary/aromatic N) is 4. The minimum absolute atomic E-state index is 0.284. The third-order valence-electron chi connectivity index (χ3n) is 4.52. The van der Waals surface area contributed by atoms with E-state index in [1.165, 1.54) is 30.6 Å². The zero-order valence-electron chi connectivity index (χ0n) is 15.6. The average Bonchev–Trinajstić information content (AvgIpc) is 3.18. The molecule has 1 aliphatic rings. The highest BCUT2D eigenvalue weighted by Crippen LogP contribution is 2.26. The van der Waals surface area contributed by atoms with E-state index in [0.717, 1.165) is 42.5 Å². The van der Waals surface area contributed by atoms with Gasteiger partial charge in [-0.05, 0) is 31.9 Å². The van der Waals surface area contributed by atoms with Crippen molar-refractivity contribution >= 4 is 28.9 Å². The van der Waals surface area contributed by atoms with Gasteiger partial charge in [-0.3, -0.25) is 4.99 Å². The molecule has 0 aliphatic carbocycles. The summed E-state index contributed by atoms with van der Waals surface area (Å²) in [5.74, 6) is 2.83. The molecule has 3 rings (SSSR count). The number of halogens is 1. The molecule has 7 nitrogen and oxygen atoms in total. The minimum atomic E-state index is -0.648. The van der Waals surface area contributed by atoms with Crippen LogP contribution in [0.4, 0.5) is 0 Å². The molecule has 3 heterocycles. The number of guanidine groups is 1. The Morgan fingerprint density at radius 1 is 1.33 bits per heavy atom. The molecule has 0 amide bonds. The van der Waals surface area contributed by atoms with Crippen molar-refractivity contribution in [1.29, 1.82) is 0 Å². The van der Waals surface area contributed by atoms with E-state index in [1.807, 2.05) is 13.0 Å². The molecule has 2 aromatic rings. The molecule has 0 radical (unpaired) electrons. The molecule has 27 heavy (non-hydrogen) atoms. The van der Waals surface area contributed by atoms with Crippen LogP contribution < -0.4 is 10.6 Å². The van der Waals surface area contributed by atoms with Gasteiger partial charge in [0.25, 0.3) is 0 Å². The molecule has 1 atom stereocenters. The van der Waals surface area contributed by atoms with Gasteiger partial charge in [-0.15, -0.1) is 21.5 Å². The normalized spacial score (nSPS) is 15.9. The van der Waals surface area contributed by atoms with Gasteiger partial charge in [0.15, 0.2) is 5.96 Å². The predicted octanol–water partition coefficient (Wildman–Crippen LogP) is 2.55. The zero-order chi connectivity index (χ0) is 19.1. The maximum atomic E-state index is 10.3. The summed E-state index contributed by atoms with van der Waals surface area (Å²) < 4.78 is 2.94. The lowest BCUT2D eigenvalue weighted by Crippen LogP contribution is -2.38. The summed E-state index contributed by atoms with van der Waals surface area (Å²) in [6.07, 6.45) is 4.82. The van der Waals surface area contributed by atoms with Crippen LogP contribution in [0.1, 0.15) is 48.8 Å². The molecular formula is C18H27ClN6OS. The number of aromatic nitrogens is 3. The Morgan fingerprint density at radius 3 is 3.00 bits per heavy atom. The molecule has 3 N–H and O–H groups in total. The maximum absolute atomic E-state index is 10.3. The number of nitrogens with one attached hydrogen (secondary N) is 2. The number of aliphatic imine (C=N–C) groups is 1. The summed E-state index contributed by atoms with van der Waals surface area (Å²) in [5.41, 5.74) is 0. The van der Waals surface area contributed by atoms with Crippen LogP contribution in [0.15, 0.2) is 17.1 Å². The van der Waals surface area contributed by atoms with E-state index in [-0.39, 0.29) is 6.54 Å². The van der Waals surface area contributed by atoms with Crippen molar-refractivity contribution in [2.24, 2.45) is 4.99 Å². The monoisotopic (exact) mass is 410 g/mol. The SMILES string of the molecule is CCNC(=NCC(O)c1ccc(Cl)s1)NCCc1nnc2n1CCCCC2. The van der Waals surface area contributed by atoms with Crippen LogP contribution in [-0.2, 0) is 19.4 Å². The summed E-state index contributed by atoms with van der Waals surface area (Å²) >= 11 is 7.31. The van der Waals surface area contributed by atoms with Gasteiger partial charge < -0.3 is 20.3 Å². The highest BCUT2D eigenvalue weighted by atomic mass is 35.5. The van der Waals surface area contributed by atoms with Crippen LogP contribution in [0.25, 0.3) is 0 Å². The topological polar surface area (TPSA) is 87.4 Å². The standard InChI is InChI=1S/C18H27ClN6OS/c1-2-20-18(22-12-13(26)14-7-8-15(19)27-14)21-10-9-17-24-23-16-6-4-3-5-11-25(16)17/h7-8,13,26H,2-6,9-12H2,1H3,(H2,20,21,22). The summed E-state index contributed by atoms with van der Waals surface area (Å²) in [7, 11) is 0. The molecule has 0 spiro atoms. The molecule has 1 unspecified atom stereocenters. The summed E-state index contributed by atoms with van der Waals surface area (Å²) in [6.45, 7) is 4.79. The molecule has 148 valence electrons. The first kappa shape index (κ1) is 20.1. The zero-order valence-corrected chi connectivity index (χ0v) is 17.2. The lowest BCUT2D eigenvalue weighted by molar-refractivity contribution is 0.191. The molecule has 0 saturated heterocycles. The number of hydrogen-bond donors (Lipinski definition) is 3. The quantitative estimate of drug-likeness (QED) is 0.482. The van der Waals surface area contributed by atoms with Gasteiger partial charge in [0.2, 0.25) is 0 Å². The Balaban J connectivity index is 1.53. The first-order valence-electron chi connectivity index (χ1n) is 9.53. The fraction of sp³-hybridized carbons (Fsp3) is 0.611. The molecule has 1 aliphatic heterocycles. The van der Waals surface area contributed by atoms with Crippen LogP contribution in [0.5, 0.6) is 0 Å². The molecule has 0 aromatic carbocycles. The highest BCUT2D eigenvalue weighted by molar-refractivity contribution is 7.16. The van der Waals surface area contributed by atoms with E-state index >= 15 is 0 Å². The van der Waals surface area contributed by atoms with Crippen LogP contribution in [0.2, 0.25) is 4.34 Å². The van der Waals surface area contributed by atoms with Crippen LogP contribution in [0.3, 0.4) is 0 Å². The number of rotatable bonds is 7. The molecule has 0 bridgehead atoms. The third-order valence-corrected chi connectivity index (χ3v) is 5.85. The van der Waals surface area contributed by atoms with Crippen molar-refractivity contribution in [3.05, 3.63) is 33.0 Å². The number of thiophene rings is 1. The largest absolute Gasteiger partial charge is 0.386 e. The molecule has 9 heteroatoms. The van der Waals surface area contributed by atoms with E-state index in [2.05, 4.69) is 30.4 Å².